The Morgan fingerprint density at radius 1 is 1.12 bits per heavy atom. The van der Waals surface area contributed by atoms with Crippen molar-refractivity contribution in [1.29, 1.82) is 0 Å². The average Bonchev–Trinajstić information content (AvgIpc) is 3.13. The van der Waals surface area contributed by atoms with Crippen LogP contribution in [0.3, 0.4) is 0 Å². The zero-order valence-corrected chi connectivity index (χ0v) is 14.8. The van der Waals surface area contributed by atoms with E-state index >= 15 is 0 Å². The minimum atomic E-state index is 0.216. The number of nitrogens with one attached hydrogen (secondary N) is 2. The minimum Gasteiger partial charge on any atom is -0.493 e. The predicted octanol–water partition coefficient (Wildman–Crippen LogP) is 3.71. The Labute approximate surface area is 154 Å². The smallest absolute Gasteiger partial charge is 0.263 e. The van der Waals surface area contributed by atoms with Crippen molar-refractivity contribution < 1.29 is 9.47 Å². The Morgan fingerprint density at radius 2 is 1.88 bits per heavy atom. The number of benzene rings is 2. The maximum Gasteiger partial charge on any atom is 0.263 e. The topological polar surface area (TPSA) is 85.0 Å². The number of para-hydroxylation sites is 1. The summed E-state index contributed by atoms with van der Waals surface area (Å²) in [6.45, 7) is 0.649. The van der Waals surface area contributed by atoms with Crippen LogP contribution in [0.2, 0.25) is 10.0 Å². The van der Waals surface area contributed by atoms with E-state index < -0.39 is 0 Å². The summed E-state index contributed by atoms with van der Waals surface area (Å²) in [4.78, 5) is 0. The molecule has 2 N–H and O–H groups in total. The van der Waals surface area contributed by atoms with Gasteiger partial charge in [-0.15, -0.1) is 5.10 Å². The number of hydrogen-bond acceptors (Lipinski definition) is 6. The molecule has 7 nitrogen and oxygen atoms in total. The van der Waals surface area contributed by atoms with Crippen LogP contribution in [0.15, 0.2) is 36.4 Å². The van der Waals surface area contributed by atoms with Crippen molar-refractivity contribution in [3.8, 4) is 11.5 Å². The third-order valence-electron chi connectivity index (χ3n) is 3.49. The van der Waals surface area contributed by atoms with E-state index in [1.165, 1.54) is 0 Å². The SMILES string of the molecule is COc1cccc(CNc2nn[nH]n2)c1OCc1c(Cl)cccc1Cl. The predicted molar refractivity (Wildman–Crippen MR) is 95.3 cm³/mol. The first-order valence-corrected chi connectivity index (χ1v) is 8.13. The van der Waals surface area contributed by atoms with Gasteiger partial charge in [0, 0.05) is 27.7 Å². The first kappa shape index (κ1) is 17.3. The van der Waals surface area contributed by atoms with Crippen molar-refractivity contribution >= 4 is 29.2 Å². The number of methoxy groups -OCH3 is 1. The molecule has 0 unspecified atom stereocenters. The third kappa shape index (κ3) is 4.12. The van der Waals surface area contributed by atoms with E-state index in [1.54, 1.807) is 25.3 Å². The van der Waals surface area contributed by atoms with Crippen molar-refractivity contribution in [2.75, 3.05) is 12.4 Å². The molecule has 0 radical (unpaired) electrons. The van der Waals surface area contributed by atoms with Gasteiger partial charge in [-0.1, -0.05) is 46.5 Å². The molecule has 0 atom stereocenters. The molecule has 1 aromatic heterocycles. The Kier molecular flexibility index (Phi) is 5.57. The van der Waals surface area contributed by atoms with Gasteiger partial charge in [0.25, 0.3) is 5.95 Å². The van der Waals surface area contributed by atoms with Gasteiger partial charge in [0.2, 0.25) is 0 Å². The van der Waals surface area contributed by atoms with Crippen LogP contribution < -0.4 is 14.8 Å². The van der Waals surface area contributed by atoms with Gasteiger partial charge in [-0.05, 0) is 23.4 Å². The van der Waals surface area contributed by atoms with E-state index in [1.807, 2.05) is 18.2 Å². The van der Waals surface area contributed by atoms with Crippen LogP contribution in [0.25, 0.3) is 0 Å². The first-order valence-electron chi connectivity index (χ1n) is 7.38. The van der Waals surface area contributed by atoms with Gasteiger partial charge in [0.1, 0.15) is 6.61 Å². The van der Waals surface area contributed by atoms with E-state index in [0.717, 1.165) is 5.56 Å². The van der Waals surface area contributed by atoms with Crippen LogP contribution in [0.4, 0.5) is 5.95 Å². The van der Waals surface area contributed by atoms with Gasteiger partial charge in [0.05, 0.1) is 7.11 Å². The molecule has 0 bridgehead atoms. The summed E-state index contributed by atoms with van der Waals surface area (Å²) < 4.78 is 11.4. The van der Waals surface area contributed by atoms with Gasteiger partial charge in [0.15, 0.2) is 11.5 Å². The van der Waals surface area contributed by atoms with Crippen molar-refractivity contribution in [2.45, 2.75) is 13.2 Å². The Bertz CT molecular complexity index is 822. The molecule has 0 aliphatic carbocycles. The van der Waals surface area contributed by atoms with Crippen LogP contribution in [-0.4, -0.2) is 27.7 Å². The van der Waals surface area contributed by atoms with Crippen LogP contribution >= 0.6 is 23.2 Å². The molecule has 0 saturated carbocycles. The molecule has 0 saturated heterocycles. The molecule has 0 aliphatic heterocycles. The number of hydrogen-bond donors (Lipinski definition) is 2. The number of aromatic nitrogens is 4. The highest BCUT2D eigenvalue weighted by Gasteiger charge is 2.13. The molecule has 25 heavy (non-hydrogen) atoms. The number of aromatic amines is 1. The summed E-state index contributed by atoms with van der Waals surface area (Å²) in [5, 5.41) is 17.7. The van der Waals surface area contributed by atoms with Crippen LogP contribution in [-0.2, 0) is 13.2 Å². The molecular formula is C16H15Cl2N5O2. The molecule has 0 aliphatic rings. The monoisotopic (exact) mass is 379 g/mol. The van der Waals surface area contributed by atoms with E-state index in [2.05, 4.69) is 25.9 Å². The lowest BCUT2D eigenvalue weighted by atomic mass is 10.1. The number of tetrazole rings is 1. The molecule has 0 amide bonds. The Morgan fingerprint density at radius 3 is 2.56 bits per heavy atom. The fourth-order valence-corrected chi connectivity index (χ4v) is 2.76. The largest absolute Gasteiger partial charge is 0.493 e. The zero-order chi connectivity index (χ0) is 17.6. The number of nitrogens with zero attached hydrogens (tertiary/aromatic N) is 3. The zero-order valence-electron chi connectivity index (χ0n) is 13.3. The first-order chi connectivity index (χ1) is 12.2. The van der Waals surface area contributed by atoms with Gasteiger partial charge in [-0.2, -0.15) is 5.21 Å². The fourth-order valence-electron chi connectivity index (χ4n) is 2.25. The Balaban J connectivity index is 1.81. The van der Waals surface area contributed by atoms with E-state index in [4.69, 9.17) is 32.7 Å². The van der Waals surface area contributed by atoms with E-state index in [0.29, 0.717) is 39.6 Å². The molecular weight excluding hydrogens is 365 g/mol. The van der Waals surface area contributed by atoms with Gasteiger partial charge >= 0.3 is 0 Å². The van der Waals surface area contributed by atoms with E-state index in [-0.39, 0.29) is 6.61 Å². The number of ether oxygens (including phenoxy) is 2. The highest BCUT2D eigenvalue weighted by atomic mass is 35.5. The molecule has 9 heteroatoms. The lowest BCUT2D eigenvalue weighted by Gasteiger charge is -2.16. The highest BCUT2D eigenvalue weighted by Crippen LogP contribution is 2.34. The third-order valence-corrected chi connectivity index (χ3v) is 4.19. The number of halogens is 2. The summed E-state index contributed by atoms with van der Waals surface area (Å²) in [7, 11) is 1.58. The lowest BCUT2D eigenvalue weighted by Crippen LogP contribution is -2.06. The maximum atomic E-state index is 6.20. The maximum absolute atomic E-state index is 6.20. The second kappa shape index (κ2) is 8.04. The normalized spacial score (nSPS) is 10.5. The summed E-state index contributed by atoms with van der Waals surface area (Å²) in [6, 6.07) is 10.9. The summed E-state index contributed by atoms with van der Waals surface area (Å²) in [5.41, 5.74) is 1.58. The molecule has 3 aromatic rings. The number of anilines is 1. The standard InChI is InChI=1S/C16H15Cl2N5O2/c1-24-14-7-2-4-10(8-19-16-20-22-23-21-16)15(14)25-9-11-12(17)5-3-6-13(11)18/h2-7H,8-9H2,1H3,(H2,19,20,21,22,23). The molecule has 130 valence electrons. The Hall–Kier alpha value is -2.51. The summed E-state index contributed by atoms with van der Waals surface area (Å²) in [6.07, 6.45) is 0. The highest BCUT2D eigenvalue weighted by molar-refractivity contribution is 6.35. The van der Waals surface area contributed by atoms with Gasteiger partial charge in [-0.3, -0.25) is 0 Å². The van der Waals surface area contributed by atoms with Crippen LogP contribution in [0.1, 0.15) is 11.1 Å². The van der Waals surface area contributed by atoms with Gasteiger partial charge < -0.3 is 14.8 Å². The van der Waals surface area contributed by atoms with Crippen LogP contribution in [0.5, 0.6) is 11.5 Å². The quantitative estimate of drug-likeness (QED) is 0.650. The van der Waals surface area contributed by atoms with Crippen molar-refractivity contribution in [2.24, 2.45) is 0 Å². The average molecular weight is 380 g/mol. The second-order valence-electron chi connectivity index (χ2n) is 5.03. The van der Waals surface area contributed by atoms with E-state index in [9.17, 15) is 0 Å². The van der Waals surface area contributed by atoms with Crippen LogP contribution in [0, 0.1) is 0 Å². The summed E-state index contributed by atoms with van der Waals surface area (Å²) in [5.74, 6) is 1.59. The van der Waals surface area contributed by atoms with Crippen molar-refractivity contribution in [3.63, 3.8) is 0 Å². The molecule has 0 fully saturated rings. The summed E-state index contributed by atoms with van der Waals surface area (Å²) >= 11 is 12.4. The fraction of sp³-hybridized carbons (Fsp3) is 0.188. The molecule has 3 rings (SSSR count). The van der Waals surface area contributed by atoms with Crippen molar-refractivity contribution in [1.82, 2.24) is 20.6 Å². The molecule has 2 aromatic carbocycles. The van der Waals surface area contributed by atoms with Crippen molar-refractivity contribution in [3.05, 3.63) is 57.6 Å². The molecule has 1 heterocycles. The minimum absolute atomic E-state index is 0.216. The lowest BCUT2D eigenvalue weighted by molar-refractivity contribution is 0.282. The number of H-pyrrole nitrogens is 1. The van der Waals surface area contributed by atoms with Gasteiger partial charge in [-0.25, -0.2) is 0 Å². The second-order valence-corrected chi connectivity index (χ2v) is 5.84. The molecule has 0 spiro atoms. The number of rotatable bonds is 7.